The van der Waals surface area contributed by atoms with Gasteiger partial charge < -0.3 is 14.3 Å². The lowest BCUT2D eigenvalue weighted by Crippen LogP contribution is -2.29. The number of amides is 1. The van der Waals surface area contributed by atoms with Gasteiger partial charge in [0.05, 0.1) is 23.3 Å². The zero-order chi connectivity index (χ0) is 20.7. The van der Waals surface area contributed by atoms with E-state index in [0.29, 0.717) is 28.2 Å². The number of aryl methyl sites for hydroxylation is 3. The van der Waals surface area contributed by atoms with Gasteiger partial charge in [-0.2, -0.15) is 5.10 Å². The zero-order valence-corrected chi connectivity index (χ0v) is 16.2. The van der Waals surface area contributed by atoms with E-state index in [4.69, 9.17) is 4.42 Å². The molecule has 0 aliphatic rings. The van der Waals surface area contributed by atoms with Gasteiger partial charge in [0.25, 0.3) is 5.91 Å². The van der Waals surface area contributed by atoms with Crippen LogP contribution in [0, 0.1) is 19.7 Å². The van der Waals surface area contributed by atoms with Gasteiger partial charge in [0, 0.05) is 13.2 Å². The van der Waals surface area contributed by atoms with Crippen molar-refractivity contribution in [3.63, 3.8) is 0 Å². The highest BCUT2D eigenvalue weighted by Gasteiger charge is 2.20. The molecule has 3 aromatic heterocycles. The molecule has 0 radical (unpaired) electrons. The van der Waals surface area contributed by atoms with Gasteiger partial charge in [-0.3, -0.25) is 9.59 Å². The Bertz CT molecular complexity index is 1280. The molecule has 0 aliphatic heterocycles. The number of fused-ring (bicyclic) bond motifs is 1. The first kappa shape index (κ1) is 18.7. The summed E-state index contributed by atoms with van der Waals surface area (Å²) in [5.41, 5.74) is 1.24. The molecule has 148 valence electrons. The number of nitrogens with one attached hydrogen (secondary N) is 1. The Morgan fingerprint density at radius 2 is 1.90 bits per heavy atom. The maximum atomic E-state index is 13.3. The molecule has 4 aromatic rings. The number of benzene rings is 1. The fraction of sp³-hybridized carbons (Fsp3) is 0.190. The summed E-state index contributed by atoms with van der Waals surface area (Å²) in [4.78, 5) is 25.7. The number of rotatable bonds is 4. The predicted octanol–water partition coefficient (Wildman–Crippen LogP) is 3.00. The van der Waals surface area contributed by atoms with Crippen LogP contribution in [0.5, 0.6) is 0 Å². The molecule has 1 amide bonds. The molecule has 0 unspecified atom stereocenters. The molecule has 8 heteroatoms. The summed E-state index contributed by atoms with van der Waals surface area (Å²) in [5, 5.41) is 7.49. The molecule has 0 saturated carbocycles. The fourth-order valence-electron chi connectivity index (χ4n) is 3.32. The number of halogens is 1. The quantitative estimate of drug-likeness (QED) is 0.577. The van der Waals surface area contributed by atoms with E-state index in [1.54, 1.807) is 47.5 Å². The number of aromatic nitrogens is 3. The zero-order valence-electron chi connectivity index (χ0n) is 16.2. The first-order chi connectivity index (χ1) is 13.8. The molecule has 29 heavy (non-hydrogen) atoms. The number of carbonyl (C=O) groups is 1. The van der Waals surface area contributed by atoms with Crippen LogP contribution < -0.4 is 10.7 Å². The van der Waals surface area contributed by atoms with Crippen LogP contribution in [0.2, 0.25) is 0 Å². The average molecular weight is 394 g/mol. The van der Waals surface area contributed by atoms with Crippen molar-refractivity contribution in [2.24, 2.45) is 7.05 Å². The molecule has 0 aliphatic carbocycles. The number of hydrogen-bond donors (Lipinski definition) is 1. The first-order valence-corrected chi connectivity index (χ1v) is 9.03. The van der Waals surface area contributed by atoms with E-state index < -0.39 is 11.3 Å². The van der Waals surface area contributed by atoms with E-state index in [1.165, 1.54) is 18.3 Å². The molecular weight excluding hydrogens is 375 g/mol. The molecule has 0 spiro atoms. The third kappa shape index (κ3) is 3.33. The molecule has 1 aromatic carbocycles. The van der Waals surface area contributed by atoms with Crippen molar-refractivity contribution in [1.82, 2.24) is 19.7 Å². The molecular formula is C21H19FN4O3. The van der Waals surface area contributed by atoms with Crippen molar-refractivity contribution < 1.29 is 13.6 Å². The highest BCUT2D eigenvalue weighted by Crippen LogP contribution is 2.20. The lowest BCUT2D eigenvalue weighted by molar-refractivity contribution is 0.0946. The summed E-state index contributed by atoms with van der Waals surface area (Å²) in [7, 11) is 1.73. The Hall–Kier alpha value is -3.68. The van der Waals surface area contributed by atoms with Crippen LogP contribution in [0.15, 0.2) is 51.8 Å². The van der Waals surface area contributed by atoms with E-state index in [0.717, 1.165) is 5.76 Å². The van der Waals surface area contributed by atoms with Crippen molar-refractivity contribution in [1.29, 1.82) is 0 Å². The monoisotopic (exact) mass is 394 g/mol. The highest BCUT2D eigenvalue weighted by atomic mass is 19.1. The van der Waals surface area contributed by atoms with Gasteiger partial charge in [0.2, 0.25) is 5.43 Å². The van der Waals surface area contributed by atoms with Crippen LogP contribution in [0.1, 0.15) is 27.6 Å². The minimum atomic E-state index is -0.490. The Morgan fingerprint density at radius 1 is 1.17 bits per heavy atom. The minimum Gasteiger partial charge on any atom is -0.465 e. The second-order valence-electron chi connectivity index (χ2n) is 6.85. The van der Waals surface area contributed by atoms with Crippen molar-refractivity contribution in [3.05, 3.63) is 81.4 Å². The van der Waals surface area contributed by atoms with Crippen LogP contribution in [0.4, 0.5) is 4.39 Å². The number of nitrogens with zero attached hydrogens (tertiary/aromatic N) is 3. The summed E-state index contributed by atoms with van der Waals surface area (Å²) >= 11 is 0. The van der Waals surface area contributed by atoms with E-state index in [1.807, 2.05) is 6.92 Å². The van der Waals surface area contributed by atoms with Gasteiger partial charge in [0.1, 0.15) is 28.5 Å². The standard InChI is InChI=1S/C21H19FN4O3/c1-12-4-9-16(29-12)10-23-20(28)17-11-25(3)21-18(19(17)27)13(2)24-26(21)15-7-5-14(22)6-8-15/h4-9,11H,10H2,1-3H3,(H,23,28). The maximum Gasteiger partial charge on any atom is 0.257 e. The minimum absolute atomic E-state index is 0.0186. The normalized spacial score (nSPS) is 11.2. The average Bonchev–Trinajstić information content (AvgIpc) is 3.27. The number of furan rings is 1. The van der Waals surface area contributed by atoms with Gasteiger partial charge in [-0.25, -0.2) is 9.07 Å². The highest BCUT2D eigenvalue weighted by molar-refractivity contribution is 5.97. The van der Waals surface area contributed by atoms with Gasteiger partial charge in [0.15, 0.2) is 0 Å². The van der Waals surface area contributed by atoms with Crippen molar-refractivity contribution in [2.45, 2.75) is 20.4 Å². The van der Waals surface area contributed by atoms with Gasteiger partial charge in [-0.05, 0) is 50.2 Å². The lowest BCUT2D eigenvalue weighted by atomic mass is 10.1. The van der Waals surface area contributed by atoms with Crippen molar-refractivity contribution >= 4 is 16.9 Å². The molecule has 0 fully saturated rings. The van der Waals surface area contributed by atoms with Crippen LogP contribution in [0.3, 0.4) is 0 Å². The molecule has 1 N–H and O–H groups in total. The second kappa shape index (κ2) is 7.05. The molecule has 7 nitrogen and oxygen atoms in total. The first-order valence-electron chi connectivity index (χ1n) is 9.03. The molecule has 0 bridgehead atoms. The third-order valence-electron chi connectivity index (χ3n) is 4.70. The van der Waals surface area contributed by atoms with Crippen LogP contribution in [-0.2, 0) is 13.6 Å². The number of carbonyl (C=O) groups excluding carboxylic acids is 1. The Balaban J connectivity index is 1.75. The Morgan fingerprint density at radius 3 is 2.55 bits per heavy atom. The Kier molecular flexibility index (Phi) is 4.54. The number of hydrogen-bond acceptors (Lipinski definition) is 4. The largest absolute Gasteiger partial charge is 0.465 e. The Labute approximate surface area is 165 Å². The smallest absolute Gasteiger partial charge is 0.257 e. The third-order valence-corrected chi connectivity index (χ3v) is 4.70. The predicted molar refractivity (Wildman–Crippen MR) is 106 cm³/mol. The van der Waals surface area contributed by atoms with Gasteiger partial charge in [-0.1, -0.05) is 0 Å². The van der Waals surface area contributed by atoms with E-state index >= 15 is 0 Å². The summed E-state index contributed by atoms with van der Waals surface area (Å²) in [6.45, 7) is 3.70. The number of pyridine rings is 1. The molecule has 3 heterocycles. The molecule has 0 atom stereocenters. The van der Waals surface area contributed by atoms with E-state index in [9.17, 15) is 14.0 Å². The lowest BCUT2D eigenvalue weighted by Gasteiger charge is -2.10. The summed E-state index contributed by atoms with van der Waals surface area (Å²) in [6.07, 6.45) is 1.48. The van der Waals surface area contributed by atoms with Crippen LogP contribution in [0.25, 0.3) is 16.7 Å². The van der Waals surface area contributed by atoms with Crippen LogP contribution in [-0.4, -0.2) is 20.3 Å². The van der Waals surface area contributed by atoms with Gasteiger partial charge in [-0.15, -0.1) is 0 Å². The van der Waals surface area contributed by atoms with E-state index in [-0.39, 0.29) is 17.9 Å². The van der Waals surface area contributed by atoms with Crippen LogP contribution >= 0.6 is 0 Å². The molecule has 0 saturated heterocycles. The molecule has 4 rings (SSSR count). The fourth-order valence-corrected chi connectivity index (χ4v) is 3.32. The topological polar surface area (TPSA) is 82.1 Å². The second-order valence-corrected chi connectivity index (χ2v) is 6.85. The van der Waals surface area contributed by atoms with Crippen molar-refractivity contribution in [2.75, 3.05) is 0 Å². The summed E-state index contributed by atoms with van der Waals surface area (Å²) in [5.74, 6) is 0.501. The van der Waals surface area contributed by atoms with Crippen molar-refractivity contribution in [3.8, 4) is 5.69 Å². The maximum absolute atomic E-state index is 13.3. The SMILES string of the molecule is Cc1ccc(CNC(=O)c2cn(C)c3c(c(C)nn3-c3ccc(F)cc3)c2=O)o1. The summed E-state index contributed by atoms with van der Waals surface area (Å²) in [6, 6.07) is 9.39. The summed E-state index contributed by atoms with van der Waals surface area (Å²) < 4.78 is 21.9. The van der Waals surface area contributed by atoms with E-state index in [2.05, 4.69) is 10.4 Å². The van der Waals surface area contributed by atoms with Gasteiger partial charge >= 0.3 is 0 Å².